The van der Waals surface area contributed by atoms with E-state index < -0.39 is 18.0 Å². The Morgan fingerprint density at radius 3 is 2.42 bits per heavy atom. The van der Waals surface area contributed by atoms with E-state index in [0.29, 0.717) is 11.3 Å². The van der Waals surface area contributed by atoms with Gasteiger partial charge in [0.1, 0.15) is 5.69 Å². The summed E-state index contributed by atoms with van der Waals surface area (Å²) in [6.07, 6.45) is 1.38. The molecular formula is C18H20N2O4. The van der Waals surface area contributed by atoms with Crippen LogP contribution in [0.3, 0.4) is 0 Å². The molecule has 0 unspecified atom stereocenters. The van der Waals surface area contributed by atoms with Gasteiger partial charge in [-0.3, -0.25) is 9.59 Å². The zero-order valence-electron chi connectivity index (χ0n) is 13.9. The highest BCUT2D eigenvalue weighted by atomic mass is 16.5. The number of nitrogens with one attached hydrogen (secondary N) is 2. The van der Waals surface area contributed by atoms with Crippen molar-refractivity contribution in [2.24, 2.45) is 0 Å². The molecule has 0 aliphatic heterocycles. The molecule has 2 aromatic rings. The van der Waals surface area contributed by atoms with Gasteiger partial charge in [-0.05, 0) is 44.0 Å². The third-order valence-corrected chi connectivity index (χ3v) is 3.59. The Bertz CT molecular complexity index is 747. The monoisotopic (exact) mass is 328 g/mol. The molecule has 6 nitrogen and oxygen atoms in total. The molecule has 1 amide bonds. The van der Waals surface area contributed by atoms with Crippen LogP contribution < -0.4 is 5.32 Å². The minimum Gasteiger partial charge on any atom is -0.448 e. The zero-order chi connectivity index (χ0) is 17.7. The molecule has 0 fully saturated rings. The Morgan fingerprint density at radius 2 is 1.88 bits per heavy atom. The van der Waals surface area contributed by atoms with Gasteiger partial charge in [-0.15, -0.1) is 0 Å². The van der Waals surface area contributed by atoms with Crippen LogP contribution in [0.4, 0.5) is 5.69 Å². The number of carbonyl (C=O) groups excluding carboxylic acids is 3. The summed E-state index contributed by atoms with van der Waals surface area (Å²) in [5.41, 5.74) is 2.32. The Labute approximate surface area is 140 Å². The van der Waals surface area contributed by atoms with E-state index in [-0.39, 0.29) is 11.5 Å². The smallest absolute Gasteiger partial charge is 0.355 e. The highest BCUT2D eigenvalue weighted by Crippen LogP contribution is 2.12. The minimum absolute atomic E-state index is 0.132. The highest BCUT2D eigenvalue weighted by Gasteiger charge is 2.20. The molecule has 0 saturated heterocycles. The number of hydrogen-bond acceptors (Lipinski definition) is 4. The van der Waals surface area contributed by atoms with Gasteiger partial charge in [0.25, 0.3) is 5.91 Å². The first-order chi connectivity index (χ1) is 11.4. The molecule has 2 rings (SSSR count). The first-order valence-corrected chi connectivity index (χ1v) is 7.70. The van der Waals surface area contributed by atoms with Crippen LogP contribution in [0, 0.1) is 0 Å². The van der Waals surface area contributed by atoms with Gasteiger partial charge in [0.2, 0.25) is 0 Å². The van der Waals surface area contributed by atoms with Crippen molar-refractivity contribution in [2.45, 2.75) is 33.3 Å². The lowest BCUT2D eigenvalue weighted by molar-refractivity contribution is -0.123. The van der Waals surface area contributed by atoms with Crippen LogP contribution in [0.2, 0.25) is 0 Å². The number of H-pyrrole nitrogens is 1. The van der Waals surface area contributed by atoms with Gasteiger partial charge in [-0.1, -0.05) is 19.1 Å². The van der Waals surface area contributed by atoms with Crippen LogP contribution in [0.15, 0.2) is 36.5 Å². The molecule has 1 atom stereocenters. The van der Waals surface area contributed by atoms with E-state index in [1.165, 1.54) is 31.7 Å². The lowest BCUT2D eigenvalue weighted by Crippen LogP contribution is -2.30. The van der Waals surface area contributed by atoms with E-state index in [2.05, 4.69) is 10.3 Å². The highest BCUT2D eigenvalue weighted by molar-refractivity contribution is 5.99. The standard InChI is InChI=1S/C18H20N2O4/c1-4-13-5-7-15(8-6-13)20-17(22)12(3)24-18(23)16-9-14(10-19-16)11(2)21/h5-10,12,19H,4H2,1-3H3,(H,20,22)/t12-/m1/s1. The molecule has 24 heavy (non-hydrogen) atoms. The first kappa shape index (κ1) is 17.5. The Hall–Kier alpha value is -2.89. The number of hydrogen-bond donors (Lipinski definition) is 2. The second-order valence-electron chi connectivity index (χ2n) is 5.45. The van der Waals surface area contributed by atoms with Crippen LogP contribution in [0.1, 0.15) is 47.2 Å². The van der Waals surface area contributed by atoms with Gasteiger partial charge in [0, 0.05) is 17.4 Å². The molecule has 126 valence electrons. The van der Waals surface area contributed by atoms with Gasteiger partial charge in [0.05, 0.1) is 0 Å². The largest absolute Gasteiger partial charge is 0.448 e. The van der Waals surface area contributed by atoms with E-state index in [9.17, 15) is 14.4 Å². The Morgan fingerprint density at radius 1 is 1.21 bits per heavy atom. The number of Topliss-reactive ketones (excluding diaryl/α,β-unsaturated/α-hetero) is 1. The maximum atomic E-state index is 12.1. The van der Waals surface area contributed by atoms with Crippen LogP contribution >= 0.6 is 0 Å². The summed E-state index contributed by atoms with van der Waals surface area (Å²) in [5.74, 6) is -1.27. The molecule has 2 N–H and O–H groups in total. The van der Waals surface area contributed by atoms with Crippen LogP contribution in [0.5, 0.6) is 0 Å². The van der Waals surface area contributed by atoms with Crippen molar-refractivity contribution >= 4 is 23.3 Å². The number of aromatic nitrogens is 1. The topological polar surface area (TPSA) is 88.3 Å². The van der Waals surface area contributed by atoms with Gasteiger partial charge < -0.3 is 15.0 Å². The van der Waals surface area contributed by atoms with Crippen molar-refractivity contribution in [1.29, 1.82) is 0 Å². The molecule has 6 heteroatoms. The average molecular weight is 328 g/mol. The summed E-state index contributed by atoms with van der Waals surface area (Å²) in [7, 11) is 0. The number of ether oxygens (including phenoxy) is 1. The molecule has 0 aliphatic carbocycles. The van der Waals surface area contributed by atoms with Crippen molar-refractivity contribution in [3.8, 4) is 0 Å². The molecule has 1 aromatic heterocycles. The Balaban J connectivity index is 1.94. The summed E-state index contributed by atoms with van der Waals surface area (Å²) in [4.78, 5) is 38.0. The van der Waals surface area contributed by atoms with Gasteiger partial charge in [0.15, 0.2) is 11.9 Å². The minimum atomic E-state index is -0.965. The van der Waals surface area contributed by atoms with Gasteiger partial charge in [-0.2, -0.15) is 0 Å². The summed E-state index contributed by atoms with van der Waals surface area (Å²) in [6, 6.07) is 8.85. The van der Waals surface area contributed by atoms with E-state index >= 15 is 0 Å². The SMILES string of the molecule is CCc1ccc(NC(=O)[C@@H](C)OC(=O)c2cc(C(C)=O)c[nH]2)cc1. The molecule has 0 radical (unpaired) electrons. The number of anilines is 1. The molecular weight excluding hydrogens is 308 g/mol. The van der Waals surface area contributed by atoms with Crippen LogP contribution in [-0.4, -0.2) is 28.7 Å². The predicted molar refractivity (Wildman–Crippen MR) is 90.1 cm³/mol. The first-order valence-electron chi connectivity index (χ1n) is 7.70. The van der Waals surface area contributed by atoms with Crippen molar-refractivity contribution in [3.63, 3.8) is 0 Å². The molecule has 1 heterocycles. The fourth-order valence-corrected chi connectivity index (χ4v) is 2.06. The van der Waals surface area contributed by atoms with Gasteiger partial charge in [-0.25, -0.2) is 4.79 Å². The number of carbonyl (C=O) groups is 3. The second-order valence-corrected chi connectivity index (χ2v) is 5.45. The quantitative estimate of drug-likeness (QED) is 0.630. The summed E-state index contributed by atoms with van der Waals surface area (Å²) < 4.78 is 5.11. The van der Waals surface area contributed by atoms with Crippen molar-refractivity contribution in [1.82, 2.24) is 4.98 Å². The molecule has 0 saturated carbocycles. The fourth-order valence-electron chi connectivity index (χ4n) is 2.06. The number of amides is 1. The second kappa shape index (κ2) is 7.59. The van der Waals surface area contributed by atoms with E-state index in [1.807, 2.05) is 19.1 Å². The number of aryl methyl sites for hydroxylation is 1. The molecule has 0 spiro atoms. The summed E-state index contributed by atoms with van der Waals surface area (Å²) >= 11 is 0. The lowest BCUT2D eigenvalue weighted by Gasteiger charge is -2.13. The predicted octanol–water partition coefficient (Wildman–Crippen LogP) is 2.96. The Kier molecular flexibility index (Phi) is 5.52. The van der Waals surface area contributed by atoms with Crippen LogP contribution in [0.25, 0.3) is 0 Å². The zero-order valence-corrected chi connectivity index (χ0v) is 13.9. The third-order valence-electron chi connectivity index (χ3n) is 3.59. The van der Waals surface area contributed by atoms with E-state index in [0.717, 1.165) is 6.42 Å². The number of esters is 1. The number of aromatic amines is 1. The maximum Gasteiger partial charge on any atom is 0.355 e. The number of ketones is 1. The van der Waals surface area contributed by atoms with Gasteiger partial charge >= 0.3 is 5.97 Å². The molecule has 0 aliphatic rings. The normalized spacial score (nSPS) is 11.6. The number of rotatable bonds is 6. The molecule has 1 aromatic carbocycles. The van der Waals surface area contributed by atoms with Crippen molar-refractivity contribution < 1.29 is 19.1 Å². The lowest BCUT2D eigenvalue weighted by atomic mass is 10.1. The van der Waals surface area contributed by atoms with Crippen molar-refractivity contribution in [2.75, 3.05) is 5.32 Å². The van der Waals surface area contributed by atoms with Crippen LogP contribution in [-0.2, 0) is 16.0 Å². The van der Waals surface area contributed by atoms with E-state index in [4.69, 9.17) is 4.74 Å². The summed E-state index contributed by atoms with van der Waals surface area (Å²) in [6.45, 7) is 4.94. The van der Waals surface area contributed by atoms with E-state index in [1.54, 1.807) is 12.1 Å². The van der Waals surface area contributed by atoms with Crippen molar-refractivity contribution in [3.05, 3.63) is 53.3 Å². The fraction of sp³-hybridized carbons (Fsp3) is 0.278. The number of benzene rings is 1. The maximum absolute atomic E-state index is 12.1. The molecule has 0 bridgehead atoms. The summed E-state index contributed by atoms with van der Waals surface area (Å²) in [5, 5.41) is 2.69. The average Bonchev–Trinajstić information content (AvgIpc) is 3.06. The third kappa shape index (κ3) is 4.32.